The number of aromatic nitrogens is 1. The summed E-state index contributed by atoms with van der Waals surface area (Å²) in [7, 11) is -3.46. The van der Waals surface area contributed by atoms with Gasteiger partial charge in [-0.25, -0.2) is 12.4 Å². The highest BCUT2D eigenvalue weighted by Gasteiger charge is 2.33. The predicted molar refractivity (Wildman–Crippen MR) is 184 cm³/mol. The molecule has 5 rings (SSSR count). The summed E-state index contributed by atoms with van der Waals surface area (Å²) in [4.78, 5) is 2.27. The standard InChI is InChI=1S/C38H45F3N2O3S/c1-4-25-47(44,45)43-23-21-33-36(43)15-9-16-37(33)46-24-10-22-42(26-32-13-8-14-35(29(32)3)38(39,40)41)27-34(30-11-6-5-7-12-30)31-19-17-28(2)18-20-31/h5-9,11,13-17,19-21,23,28,30,34H,4,10,12,18,22,24-27H2,1-3H3. The molecule has 0 aliphatic heterocycles. The van der Waals surface area contributed by atoms with Gasteiger partial charge in [-0.3, -0.25) is 4.90 Å². The molecule has 3 unspecified atom stereocenters. The monoisotopic (exact) mass is 666 g/mol. The maximum absolute atomic E-state index is 13.8. The van der Waals surface area contributed by atoms with Crippen molar-refractivity contribution in [3.63, 3.8) is 0 Å². The first-order valence-electron chi connectivity index (χ1n) is 16.5. The van der Waals surface area contributed by atoms with E-state index in [0.717, 1.165) is 24.3 Å². The molecule has 0 saturated heterocycles. The normalized spacial score (nSPS) is 19.0. The molecule has 0 amide bonds. The Hall–Kier alpha value is -3.56. The van der Waals surface area contributed by atoms with Gasteiger partial charge in [-0.1, -0.05) is 74.6 Å². The van der Waals surface area contributed by atoms with E-state index in [2.05, 4.69) is 54.4 Å². The zero-order valence-corrected chi connectivity index (χ0v) is 28.2. The predicted octanol–water partition coefficient (Wildman–Crippen LogP) is 9.10. The summed E-state index contributed by atoms with van der Waals surface area (Å²) in [5.74, 6) is 1.62. The number of allylic oxidation sites excluding steroid dienone is 7. The molecule has 0 N–H and O–H groups in total. The van der Waals surface area contributed by atoms with Crippen LogP contribution in [0.15, 0.2) is 96.8 Å². The summed E-state index contributed by atoms with van der Waals surface area (Å²) in [5.41, 5.74) is 2.20. The fourth-order valence-electron chi connectivity index (χ4n) is 6.63. The topological polar surface area (TPSA) is 51.5 Å². The van der Waals surface area contributed by atoms with Gasteiger partial charge in [0.1, 0.15) is 5.75 Å². The van der Waals surface area contributed by atoms with Gasteiger partial charge in [-0.05, 0) is 85.4 Å². The Morgan fingerprint density at radius 2 is 1.87 bits per heavy atom. The minimum absolute atomic E-state index is 0.0582. The number of nitrogens with zero attached hydrogens (tertiary/aromatic N) is 2. The van der Waals surface area contributed by atoms with Gasteiger partial charge in [0, 0.05) is 37.1 Å². The third-order valence-corrected chi connectivity index (χ3v) is 11.0. The van der Waals surface area contributed by atoms with Crippen molar-refractivity contribution in [3.8, 4) is 5.75 Å². The number of rotatable bonds is 14. The van der Waals surface area contributed by atoms with Gasteiger partial charge < -0.3 is 4.74 Å². The molecule has 3 atom stereocenters. The van der Waals surface area contributed by atoms with Crippen LogP contribution in [-0.4, -0.2) is 42.7 Å². The van der Waals surface area contributed by atoms with Crippen LogP contribution in [0.1, 0.15) is 56.2 Å². The third kappa shape index (κ3) is 8.49. The van der Waals surface area contributed by atoms with Crippen molar-refractivity contribution in [2.45, 2.75) is 59.2 Å². The summed E-state index contributed by atoms with van der Waals surface area (Å²) in [6, 6.07) is 11.6. The Morgan fingerprint density at radius 1 is 1.06 bits per heavy atom. The Morgan fingerprint density at radius 3 is 2.57 bits per heavy atom. The molecule has 2 aromatic carbocycles. The van der Waals surface area contributed by atoms with Crippen LogP contribution in [0.4, 0.5) is 13.2 Å². The first-order valence-corrected chi connectivity index (χ1v) is 18.1. The van der Waals surface area contributed by atoms with Gasteiger partial charge in [-0.2, -0.15) is 13.2 Å². The largest absolute Gasteiger partial charge is 0.493 e. The van der Waals surface area contributed by atoms with Crippen LogP contribution in [0, 0.1) is 24.7 Å². The van der Waals surface area contributed by atoms with Crippen molar-refractivity contribution < 1.29 is 26.3 Å². The lowest BCUT2D eigenvalue weighted by Crippen LogP contribution is -2.35. The van der Waals surface area contributed by atoms with Crippen molar-refractivity contribution >= 4 is 20.9 Å². The average Bonchev–Trinajstić information content (AvgIpc) is 3.49. The minimum Gasteiger partial charge on any atom is -0.493 e. The van der Waals surface area contributed by atoms with E-state index in [4.69, 9.17) is 4.74 Å². The maximum atomic E-state index is 13.8. The molecule has 9 heteroatoms. The molecule has 0 bridgehead atoms. The zero-order chi connectivity index (χ0) is 33.6. The van der Waals surface area contributed by atoms with Crippen LogP contribution in [0.3, 0.4) is 0 Å². The van der Waals surface area contributed by atoms with E-state index in [1.165, 1.54) is 15.6 Å². The van der Waals surface area contributed by atoms with Crippen molar-refractivity contribution in [2.24, 2.45) is 17.8 Å². The second-order valence-corrected chi connectivity index (χ2v) is 14.7. The summed E-state index contributed by atoms with van der Waals surface area (Å²) in [5, 5.41) is 0.728. The van der Waals surface area contributed by atoms with Crippen LogP contribution in [-0.2, 0) is 22.7 Å². The van der Waals surface area contributed by atoms with Crippen LogP contribution in [0.5, 0.6) is 5.75 Å². The summed E-state index contributed by atoms with van der Waals surface area (Å²) in [6.45, 7) is 7.67. The molecule has 1 aromatic heterocycles. The highest BCUT2D eigenvalue weighted by atomic mass is 32.2. The first-order chi connectivity index (χ1) is 22.5. The van der Waals surface area contributed by atoms with E-state index in [-0.39, 0.29) is 23.2 Å². The number of fused-ring (bicyclic) bond motifs is 1. The van der Waals surface area contributed by atoms with Gasteiger partial charge in [0.15, 0.2) is 0 Å². The fraction of sp³-hybridized carbons (Fsp3) is 0.421. The second-order valence-electron chi connectivity index (χ2n) is 12.7. The summed E-state index contributed by atoms with van der Waals surface area (Å²) >= 11 is 0. The van der Waals surface area contributed by atoms with Crippen molar-refractivity contribution in [3.05, 3.63) is 113 Å². The number of alkyl halides is 3. The molecule has 2 aliphatic carbocycles. The smallest absolute Gasteiger partial charge is 0.416 e. The average molecular weight is 667 g/mol. The van der Waals surface area contributed by atoms with Gasteiger partial charge in [-0.15, -0.1) is 0 Å². The number of benzene rings is 2. The van der Waals surface area contributed by atoms with E-state index in [9.17, 15) is 21.6 Å². The van der Waals surface area contributed by atoms with Crippen molar-refractivity contribution in [1.82, 2.24) is 8.87 Å². The van der Waals surface area contributed by atoms with E-state index in [1.54, 1.807) is 37.4 Å². The van der Waals surface area contributed by atoms with Gasteiger partial charge in [0.2, 0.25) is 10.0 Å². The molecule has 0 radical (unpaired) electrons. The van der Waals surface area contributed by atoms with Crippen LogP contribution < -0.4 is 4.74 Å². The Labute approximate surface area is 277 Å². The van der Waals surface area contributed by atoms with Gasteiger partial charge >= 0.3 is 6.18 Å². The highest BCUT2D eigenvalue weighted by Crippen LogP contribution is 2.35. The van der Waals surface area contributed by atoms with Crippen LogP contribution in [0.2, 0.25) is 0 Å². The molecule has 0 spiro atoms. The number of halogens is 3. The number of hydrogen-bond donors (Lipinski definition) is 0. The fourth-order valence-corrected chi connectivity index (χ4v) is 8.05. The minimum atomic E-state index is -4.41. The Kier molecular flexibility index (Phi) is 11.2. The van der Waals surface area contributed by atoms with E-state index in [0.29, 0.717) is 61.8 Å². The zero-order valence-electron chi connectivity index (χ0n) is 27.4. The SMILES string of the molecule is CCCS(=O)(=O)n1ccc2c(OCCCN(Cc3cccc(C(F)(F)F)c3C)CC(C3=CCC(C)C=C3)C3C=CC=CC3)cccc21. The molecule has 3 aromatic rings. The molecule has 1 heterocycles. The van der Waals surface area contributed by atoms with Gasteiger partial charge in [0.25, 0.3) is 0 Å². The van der Waals surface area contributed by atoms with E-state index in [1.807, 2.05) is 13.0 Å². The molecule has 0 fully saturated rings. The van der Waals surface area contributed by atoms with Crippen LogP contribution >= 0.6 is 0 Å². The highest BCUT2D eigenvalue weighted by molar-refractivity contribution is 7.90. The van der Waals surface area contributed by atoms with E-state index >= 15 is 0 Å². The lowest BCUT2D eigenvalue weighted by Gasteiger charge is -2.34. The molecular formula is C38H45F3N2O3S. The number of hydrogen-bond acceptors (Lipinski definition) is 4. The first kappa shape index (κ1) is 34.8. The van der Waals surface area contributed by atoms with Crippen molar-refractivity contribution in [1.29, 1.82) is 0 Å². The summed E-state index contributed by atoms with van der Waals surface area (Å²) < 4.78 is 74.6. The lowest BCUT2D eigenvalue weighted by atomic mass is 9.79. The molecule has 5 nitrogen and oxygen atoms in total. The van der Waals surface area contributed by atoms with E-state index < -0.39 is 21.8 Å². The third-order valence-electron chi connectivity index (χ3n) is 9.20. The Bertz CT molecular complexity index is 1770. The summed E-state index contributed by atoms with van der Waals surface area (Å²) in [6.07, 6.45) is 15.6. The van der Waals surface area contributed by atoms with Gasteiger partial charge in [0.05, 0.1) is 23.4 Å². The number of ether oxygens (including phenoxy) is 1. The molecule has 47 heavy (non-hydrogen) atoms. The van der Waals surface area contributed by atoms with Crippen LogP contribution in [0.25, 0.3) is 10.9 Å². The van der Waals surface area contributed by atoms with Crippen molar-refractivity contribution in [2.75, 3.05) is 25.4 Å². The molecule has 0 saturated carbocycles. The quantitative estimate of drug-likeness (QED) is 0.161. The molecule has 252 valence electrons. The maximum Gasteiger partial charge on any atom is 0.416 e. The lowest BCUT2D eigenvalue weighted by molar-refractivity contribution is -0.138. The Balaban J connectivity index is 1.36. The second kappa shape index (κ2) is 15.1. The molecular weight excluding hydrogens is 621 g/mol. The molecule has 2 aliphatic rings.